The van der Waals surface area contributed by atoms with Crippen molar-refractivity contribution in [3.8, 4) is 5.75 Å². The number of furan rings is 1. The molecule has 1 N–H and O–H groups in total. The molecule has 1 aromatic carbocycles. The maximum Gasteiger partial charge on any atom is 0.350 e. The fraction of sp³-hybridized carbons (Fsp3) is 0.182. The van der Waals surface area contributed by atoms with Gasteiger partial charge < -0.3 is 19.0 Å². The van der Waals surface area contributed by atoms with Crippen LogP contribution in [0.25, 0.3) is 5.76 Å². The van der Waals surface area contributed by atoms with Gasteiger partial charge in [0.25, 0.3) is 5.78 Å². The van der Waals surface area contributed by atoms with Crippen molar-refractivity contribution < 1.29 is 33.4 Å². The molecule has 1 aliphatic heterocycles. The quantitative estimate of drug-likeness (QED) is 0.269. The van der Waals surface area contributed by atoms with Crippen LogP contribution in [0.1, 0.15) is 32.7 Å². The van der Waals surface area contributed by atoms with Gasteiger partial charge in [-0.15, -0.1) is 0 Å². The number of methoxy groups -OCH3 is 2. The summed E-state index contributed by atoms with van der Waals surface area (Å²) in [6.07, 6.45) is 1.40. The maximum absolute atomic E-state index is 13.1. The summed E-state index contributed by atoms with van der Waals surface area (Å²) in [6, 6.07) is 8.59. The lowest BCUT2D eigenvalue weighted by Crippen LogP contribution is -2.29. The van der Waals surface area contributed by atoms with E-state index in [1.54, 1.807) is 43.3 Å². The molecule has 0 saturated carbocycles. The van der Waals surface area contributed by atoms with Gasteiger partial charge in [-0.05, 0) is 31.2 Å². The van der Waals surface area contributed by atoms with Gasteiger partial charge in [0.1, 0.15) is 28.2 Å². The first-order chi connectivity index (χ1) is 15.4. The minimum Gasteiger partial charge on any atom is -0.507 e. The zero-order valence-corrected chi connectivity index (χ0v) is 18.1. The number of Topliss-reactive ketones (excluding diaryl/α,β-unsaturated/α-hetero) is 1. The number of esters is 1. The van der Waals surface area contributed by atoms with Crippen molar-refractivity contribution >= 4 is 39.9 Å². The van der Waals surface area contributed by atoms with Crippen LogP contribution in [-0.4, -0.2) is 42.0 Å². The number of benzene rings is 1. The van der Waals surface area contributed by atoms with E-state index in [9.17, 15) is 19.5 Å². The second kappa shape index (κ2) is 8.31. The number of hydrogen-bond donors (Lipinski definition) is 1. The molecule has 32 heavy (non-hydrogen) atoms. The Kier molecular flexibility index (Phi) is 5.54. The molecule has 0 bridgehead atoms. The number of ether oxygens (including phenoxy) is 2. The van der Waals surface area contributed by atoms with Crippen molar-refractivity contribution in [2.75, 3.05) is 19.1 Å². The summed E-state index contributed by atoms with van der Waals surface area (Å²) in [5.41, 5.74) is 0.486. The lowest BCUT2D eigenvalue weighted by atomic mass is 9.99. The van der Waals surface area contributed by atoms with E-state index in [0.717, 1.165) is 16.2 Å². The highest BCUT2D eigenvalue weighted by Crippen LogP contribution is 2.44. The lowest BCUT2D eigenvalue weighted by Gasteiger charge is -2.20. The Morgan fingerprint density at radius 2 is 2.00 bits per heavy atom. The second-order valence-electron chi connectivity index (χ2n) is 6.82. The molecule has 2 aromatic heterocycles. The van der Waals surface area contributed by atoms with Crippen LogP contribution in [-0.2, 0) is 14.3 Å². The van der Waals surface area contributed by atoms with Gasteiger partial charge in [0.15, 0.2) is 5.13 Å². The average Bonchev–Trinajstić information content (AvgIpc) is 3.52. The van der Waals surface area contributed by atoms with Crippen molar-refractivity contribution in [3.05, 3.63) is 70.1 Å². The van der Waals surface area contributed by atoms with Crippen LogP contribution in [0.4, 0.5) is 5.13 Å². The number of ketones is 1. The van der Waals surface area contributed by atoms with Crippen LogP contribution in [0.15, 0.2) is 52.7 Å². The molecule has 3 aromatic rings. The van der Waals surface area contributed by atoms with Crippen molar-refractivity contribution in [3.63, 3.8) is 0 Å². The van der Waals surface area contributed by atoms with E-state index < -0.39 is 23.7 Å². The molecule has 0 aliphatic carbocycles. The monoisotopic (exact) mass is 454 g/mol. The van der Waals surface area contributed by atoms with Crippen molar-refractivity contribution in [1.29, 1.82) is 0 Å². The van der Waals surface area contributed by atoms with Gasteiger partial charge in [-0.2, -0.15) is 0 Å². The fourth-order valence-electron chi connectivity index (χ4n) is 3.44. The molecule has 0 spiro atoms. The van der Waals surface area contributed by atoms with Crippen LogP contribution in [0.2, 0.25) is 0 Å². The molecule has 3 heterocycles. The molecule has 1 fully saturated rings. The van der Waals surface area contributed by atoms with E-state index in [1.165, 1.54) is 20.5 Å². The molecule has 164 valence electrons. The third-order valence-electron chi connectivity index (χ3n) is 4.96. The molecule has 0 radical (unpaired) electrons. The lowest BCUT2D eigenvalue weighted by molar-refractivity contribution is -0.132. The Bertz CT molecular complexity index is 1240. The first-order valence-electron chi connectivity index (χ1n) is 9.42. The van der Waals surface area contributed by atoms with E-state index in [-0.39, 0.29) is 27.1 Å². The van der Waals surface area contributed by atoms with E-state index >= 15 is 0 Å². The highest BCUT2D eigenvalue weighted by molar-refractivity contribution is 7.17. The van der Waals surface area contributed by atoms with Crippen LogP contribution in [0, 0.1) is 6.92 Å². The topological polar surface area (TPSA) is 119 Å². The van der Waals surface area contributed by atoms with Gasteiger partial charge >= 0.3 is 11.9 Å². The normalized spacial score (nSPS) is 17.6. The molecule has 4 rings (SSSR count). The third-order valence-corrected chi connectivity index (χ3v) is 6.10. The largest absolute Gasteiger partial charge is 0.507 e. The van der Waals surface area contributed by atoms with Crippen LogP contribution < -0.4 is 9.64 Å². The SMILES string of the molecule is COC(=O)c1sc(N2C(=O)C(=O)C(=C(O)c3cccc(OC)c3)[C@H]2c2ccco2)nc1C. The van der Waals surface area contributed by atoms with Gasteiger partial charge in [-0.1, -0.05) is 23.5 Å². The van der Waals surface area contributed by atoms with Crippen LogP contribution in [0.3, 0.4) is 0 Å². The number of aromatic nitrogens is 1. The number of carbonyl (C=O) groups is 3. The van der Waals surface area contributed by atoms with Crippen molar-refractivity contribution in [1.82, 2.24) is 4.98 Å². The summed E-state index contributed by atoms with van der Waals surface area (Å²) in [5.74, 6) is -2.07. The van der Waals surface area contributed by atoms with Gasteiger partial charge in [-0.3, -0.25) is 14.5 Å². The number of aliphatic hydroxyl groups is 1. The smallest absolute Gasteiger partial charge is 0.350 e. The van der Waals surface area contributed by atoms with E-state index in [1.807, 2.05) is 0 Å². The minimum absolute atomic E-state index is 0.107. The fourth-order valence-corrected chi connectivity index (χ4v) is 4.45. The number of carbonyl (C=O) groups excluding carboxylic acids is 3. The predicted molar refractivity (Wildman–Crippen MR) is 115 cm³/mol. The third kappa shape index (κ3) is 3.44. The Hall–Kier alpha value is -3.92. The molecule has 1 aliphatic rings. The zero-order valence-electron chi connectivity index (χ0n) is 17.3. The Morgan fingerprint density at radius 1 is 1.22 bits per heavy atom. The van der Waals surface area contributed by atoms with Gasteiger partial charge in [0, 0.05) is 5.56 Å². The van der Waals surface area contributed by atoms with Crippen LogP contribution in [0.5, 0.6) is 5.75 Å². The standard InChI is InChI=1S/C22H18N2O7S/c1-11-19(21(28)30-3)32-22(23-11)24-16(14-8-5-9-31-14)15(18(26)20(24)27)17(25)12-6-4-7-13(10-12)29-2/h4-10,16,25H,1-3H3/t16-/m1/s1. The summed E-state index contributed by atoms with van der Waals surface area (Å²) in [4.78, 5) is 43.8. The molecule has 0 unspecified atom stereocenters. The Balaban J connectivity index is 1.90. The number of thiazole rings is 1. The summed E-state index contributed by atoms with van der Waals surface area (Å²) >= 11 is 0.913. The summed E-state index contributed by atoms with van der Waals surface area (Å²) < 4.78 is 15.4. The Labute approximate surface area is 186 Å². The van der Waals surface area contributed by atoms with Crippen LogP contribution >= 0.6 is 11.3 Å². The van der Waals surface area contributed by atoms with Gasteiger partial charge in [-0.25, -0.2) is 9.78 Å². The van der Waals surface area contributed by atoms with Gasteiger partial charge in [0.05, 0.1) is 31.7 Å². The average molecular weight is 454 g/mol. The van der Waals surface area contributed by atoms with E-state index in [4.69, 9.17) is 13.9 Å². The van der Waals surface area contributed by atoms with E-state index in [0.29, 0.717) is 17.0 Å². The number of hydrogen-bond acceptors (Lipinski definition) is 9. The highest BCUT2D eigenvalue weighted by Gasteiger charge is 2.49. The van der Waals surface area contributed by atoms with E-state index in [2.05, 4.69) is 4.98 Å². The number of anilines is 1. The molecule has 1 atom stereocenters. The Morgan fingerprint density at radius 3 is 2.66 bits per heavy atom. The molecule has 1 saturated heterocycles. The summed E-state index contributed by atoms with van der Waals surface area (Å²) in [7, 11) is 2.72. The number of aryl methyl sites for hydroxylation is 1. The minimum atomic E-state index is -1.08. The van der Waals surface area contributed by atoms with Crippen molar-refractivity contribution in [2.24, 2.45) is 0 Å². The highest BCUT2D eigenvalue weighted by atomic mass is 32.1. The number of rotatable bonds is 5. The predicted octanol–water partition coefficient (Wildman–Crippen LogP) is 3.47. The van der Waals surface area contributed by atoms with Crippen molar-refractivity contribution in [2.45, 2.75) is 13.0 Å². The summed E-state index contributed by atoms with van der Waals surface area (Å²) in [5, 5.41) is 11.1. The first-order valence-corrected chi connectivity index (χ1v) is 10.2. The molecule has 9 nitrogen and oxygen atoms in total. The second-order valence-corrected chi connectivity index (χ2v) is 7.80. The number of aliphatic hydroxyl groups excluding tert-OH is 1. The van der Waals surface area contributed by atoms with Gasteiger partial charge in [0.2, 0.25) is 0 Å². The molecular weight excluding hydrogens is 436 g/mol. The first kappa shape index (κ1) is 21.3. The molecule has 10 heteroatoms. The molecule has 1 amide bonds. The summed E-state index contributed by atoms with van der Waals surface area (Å²) in [6.45, 7) is 1.60. The number of amides is 1. The molecular formula is C22H18N2O7S. The maximum atomic E-state index is 13.1. The zero-order chi connectivity index (χ0) is 23.0. The number of nitrogens with zero attached hydrogens (tertiary/aromatic N) is 2.